The van der Waals surface area contributed by atoms with Crippen LogP contribution in [0.25, 0.3) is 0 Å². The summed E-state index contributed by atoms with van der Waals surface area (Å²) in [6, 6.07) is -0.286. The van der Waals surface area contributed by atoms with Crippen molar-refractivity contribution in [1.82, 2.24) is 10.2 Å². The van der Waals surface area contributed by atoms with E-state index in [1.807, 2.05) is 18.7 Å². The summed E-state index contributed by atoms with van der Waals surface area (Å²) in [4.78, 5) is 27.7. The van der Waals surface area contributed by atoms with E-state index in [1.165, 1.54) is 0 Å². The Morgan fingerprint density at radius 2 is 2.00 bits per heavy atom. The van der Waals surface area contributed by atoms with Crippen LogP contribution >= 0.6 is 0 Å². The van der Waals surface area contributed by atoms with Gasteiger partial charge in [-0.25, -0.2) is 0 Å². The van der Waals surface area contributed by atoms with Crippen LogP contribution in [0, 0.1) is 0 Å². The average Bonchev–Trinajstić information content (AvgIpc) is 2.89. The van der Waals surface area contributed by atoms with Crippen LogP contribution in [0.15, 0.2) is 0 Å². The number of nitrogens with zero attached hydrogens (tertiary/aromatic N) is 1. The van der Waals surface area contributed by atoms with Gasteiger partial charge in [-0.2, -0.15) is 0 Å². The van der Waals surface area contributed by atoms with E-state index in [-0.39, 0.29) is 30.0 Å². The van der Waals surface area contributed by atoms with Crippen molar-refractivity contribution in [3.8, 4) is 0 Å². The van der Waals surface area contributed by atoms with E-state index in [2.05, 4.69) is 5.32 Å². The fourth-order valence-corrected chi connectivity index (χ4v) is 4.23. The molecule has 2 saturated heterocycles. The van der Waals surface area contributed by atoms with Crippen LogP contribution in [-0.4, -0.2) is 47.0 Å². The minimum absolute atomic E-state index is 0.0227. The third-order valence-electron chi connectivity index (χ3n) is 5.43. The maximum Gasteiger partial charge on any atom is 0.249 e. The smallest absolute Gasteiger partial charge is 0.249 e. The molecule has 5 nitrogen and oxygen atoms in total. The highest BCUT2D eigenvalue weighted by molar-refractivity contribution is 6.00. The van der Waals surface area contributed by atoms with Crippen molar-refractivity contribution in [2.75, 3.05) is 6.61 Å². The molecule has 0 bridgehead atoms. The van der Waals surface area contributed by atoms with E-state index in [0.29, 0.717) is 13.0 Å². The summed E-state index contributed by atoms with van der Waals surface area (Å²) in [7, 11) is 0. The van der Waals surface area contributed by atoms with Crippen LogP contribution in [-0.2, 0) is 14.3 Å². The number of carbonyl (C=O) groups is 2. The second-order valence-electron chi connectivity index (χ2n) is 6.70. The van der Waals surface area contributed by atoms with Crippen molar-refractivity contribution in [2.24, 2.45) is 0 Å². The highest BCUT2D eigenvalue weighted by Gasteiger charge is 2.53. The van der Waals surface area contributed by atoms with Crippen LogP contribution < -0.4 is 5.32 Å². The van der Waals surface area contributed by atoms with E-state index in [9.17, 15) is 9.59 Å². The van der Waals surface area contributed by atoms with E-state index in [1.54, 1.807) is 0 Å². The monoisotopic (exact) mass is 294 g/mol. The molecule has 3 unspecified atom stereocenters. The van der Waals surface area contributed by atoms with Gasteiger partial charge in [-0.1, -0.05) is 26.2 Å². The fraction of sp³-hybridized carbons (Fsp3) is 0.875. The largest absolute Gasteiger partial charge is 0.376 e. The zero-order valence-electron chi connectivity index (χ0n) is 13.1. The molecule has 1 aliphatic carbocycles. The maximum absolute atomic E-state index is 13.2. The van der Waals surface area contributed by atoms with E-state index in [0.717, 1.165) is 38.5 Å². The number of amides is 2. The summed E-state index contributed by atoms with van der Waals surface area (Å²) in [5, 5.41) is 3.08. The molecule has 1 saturated carbocycles. The third kappa shape index (κ3) is 2.35. The number of rotatable bonds is 2. The van der Waals surface area contributed by atoms with Gasteiger partial charge in [-0.3, -0.25) is 9.59 Å². The third-order valence-corrected chi connectivity index (χ3v) is 5.43. The van der Waals surface area contributed by atoms with Crippen LogP contribution in [0.2, 0.25) is 0 Å². The lowest BCUT2D eigenvalue weighted by atomic mass is 9.77. The van der Waals surface area contributed by atoms with E-state index < -0.39 is 5.54 Å². The lowest BCUT2D eigenvalue weighted by Gasteiger charge is -2.50. The Labute approximate surface area is 126 Å². The van der Waals surface area contributed by atoms with Crippen LogP contribution in [0.3, 0.4) is 0 Å². The number of nitrogens with one attached hydrogen (secondary N) is 1. The van der Waals surface area contributed by atoms with Gasteiger partial charge in [0.2, 0.25) is 11.8 Å². The summed E-state index contributed by atoms with van der Waals surface area (Å²) < 4.78 is 5.65. The Balaban J connectivity index is 1.92. The quantitative estimate of drug-likeness (QED) is 0.841. The molecule has 118 valence electrons. The molecule has 2 aliphatic heterocycles. The topological polar surface area (TPSA) is 58.6 Å². The Kier molecular flexibility index (Phi) is 3.95. The standard InChI is InChI=1S/C16H26N2O3/c1-3-12-14(19)17-16(8-5-4-6-9-16)15(20)18(12)13-7-10-21-11(13)2/h11-13H,3-10H2,1-2H3,(H,17,19). The van der Waals surface area contributed by atoms with Crippen LogP contribution in [0.4, 0.5) is 0 Å². The van der Waals surface area contributed by atoms with Gasteiger partial charge in [0.05, 0.1) is 12.1 Å². The highest BCUT2D eigenvalue weighted by atomic mass is 16.5. The first kappa shape index (κ1) is 14.8. The van der Waals surface area contributed by atoms with Gasteiger partial charge < -0.3 is 15.0 Å². The van der Waals surface area contributed by atoms with Gasteiger partial charge in [0, 0.05) is 6.61 Å². The first-order valence-electron chi connectivity index (χ1n) is 8.35. The van der Waals surface area contributed by atoms with Crippen molar-refractivity contribution in [2.45, 2.75) is 82.5 Å². The van der Waals surface area contributed by atoms with Crippen molar-refractivity contribution in [3.63, 3.8) is 0 Å². The lowest BCUT2D eigenvalue weighted by Crippen LogP contribution is -2.72. The number of ether oxygens (including phenoxy) is 1. The normalized spacial score (nSPS) is 36.1. The van der Waals surface area contributed by atoms with Crippen molar-refractivity contribution in [1.29, 1.82) is 0 Å². The Morgan fingerprint density at radius 1 is 1.29 bits per heavy atom. The Morgan fingerprint density at radius 3 is 2.57 bits per heavy atom. The molecule has 2 heterocycles. The summed E-state index contributed by atoms with van der Waals surface area (Å²) in [5.41, 5.74) is -0.636. The summed E-state index contributed by atoms with van der Waals surface area (Å²) >= 11 is 0. The van der Waals surface area contributed by atoms with Crippen molar-refractivity contribution < 1.29 is 14.3 Å². The molecule has 3 fully saturated rings. The molecule has 3 atom stereocenters. The summed E-state index contributed by atoms with van der Waals surface area (Å²) in [5.74, 6) is 0.161. The molecule has 0 radical (unpaired) electrons. The number of hydrogen-bond acceptors (Lipinski definition) is 3. The molecule has 0 aromatic rings. The summed E-state index contributed by atoms with van der Waals surface area (Å²) in [6.45, 7) is 4.67. The molecule has 0 aromatic heterocycles. The van der Waals surface area contributed by atoms with Crippen LogP contribution in [0.1, 0.15) is 58.8 Å². The molecule has 3 rings (SSSR count). The molecule has 5 heteroatoms. The molecule has 0 aromatic carbocycles. The van der Waals surface area contributed by atoms with E-state index >= 15 is 0 Å². The van der Waals surface area contributed by atoms with Gasteiger partial charge >= 0.3 is 0 Å². The predicted molar refractivity (Wildman–Crippen MR) is 78.7 cm³/mol. The van der Waals surface area contributed by atoms with Gasteiger partial charge in [-0.05, 0) is 32.6 Å². The van der Waals surface area contributed by atoms with Gasteiger partial charge in [0.1, 0.15) is 11.6 Å². The highest BCUT2D eigenvalue weighted by Crippen LogP contribution is 2.36. The zero-order valence-corrected chi connectivity index (χ0v) is 13.1. The lowest BCUT2D eigenvalue weighted by molar-refractivity contribution is -0.161. The number of piperazine rings is 1. The Hall–Kier alpha value is -1.10. The van der Waals surface area contributed by atoms with Crippen molar-refractivity contribution in [3.05, 3.63) is 0 Å². The SMILES string of the molecule is CCC1C(=O)NC2(CCCCC2)C(=O)N1C1CCOC1C. The first-order valence-corrected chi connectivity index (χ1v) is 8.35. The Bertz CT molecular complexity index is 431. The second kappa shape index (κ2) is 5.59. The zero-order chi connectivity index (χ0) is 15.0. The van der Waals surface area contributed by atoms with Gasteiger partial charge in [0.15, 0.2) is 0 Å². The minimum Gasteiger partial charge on any atom is -0.376 e. The number of hydrogen-bond donors (Lipinski definition) is 1. The predicted octanol–water partition coefficient (Wildman–Crippen LogP) is 1.60. The first-order chi connectivity index (χ1) is 10.1. The minimum atomic E-state index is -0.636. The van der Waals surface area contributed by atoms with Gasteiger partial charge in [-0.15, -0.1) is 0 Å². The molecule has 1 N–H and O–H groups in total. The second-order valence-corrected chi connectivity index (χ2v) is 6.70. The molecule has 1 spiro atoms. The fourth-order valence-electron chi connectivity index (χ4n) is 4.23. The number of carbonyl (C=O) groups excluding carboxylic acids is 2. The molecular formula is C16H26N2O3. The molecule has 2 amide bonds. The van der Waals surface area contributed by atoms with Crippen LogP contribution in [0.5, 0.6) is 0 Å². The van der Waals surface area contributed by atoms with E-state index in [4.69, 9.17) is 4.74 Å². The van der Waals surface area contributed by atoms with Gasteiger partial charge in [0.25, 0.3) is 0 Å². The molecule has 21 heavy (non-hydrogen) atoms. The maximum atomic E-state index is 13.2. The summed E-state index contributed by atoms with van der Waals surface area (Å²) in [6.07, 6.45) is 6.29. The molecular weight excluding hydrogens is 268 g/mol. The molecule has 3 aliphatic rings. The van der Waals surface area contributed by atoms with Crippen molar-refractivity contribution >= 4 is 11.8 Å². The average molecular weight is 294 g/mol.